The highest BCUT2D eigenvalue weighted by Gasteiger charge is 2.19. The summed E-state index contributed by atoms with van der Waals surface area (Å²) < 4.78 is 0. The number of piperidine rings is 1. The molecule has 1 fully saturated rings. The molecule has 0 radical (unpaired) electrons. The molecule has 0 aliphatic carbocycles. The molecule has 0 aromatic rings. The van der Waals surface area contributed by atoms with E-state index in [9.17, 15) is 0 Å². The SMILES string of the molecule is CCCCCN1CCCC(CC(C)C)C1. The van der Waals surface area contributed by atoms with Gasteiger partial charge in [0.05, 0.1) is 0 Å². The van der Waals surface area contributed by atoms with Gasteiger partial charge in [-0.2, -0.15) is 0 Å². The first-order chi connectivity index (χ1) is 7.22. The summed E-state index contributed by atoms with van der Waals surface area (Å²) in [6.07, 6.45) is 8.51. The number of rotatable bonds is 6. The molecule has 0 aromatic carbocycles. The summed E-state index contributed by atoms with van der Waals surface area (Å²) in [4.78, 5) is 2.70. The third-order valence-electron chi connectivity index (χ3n) is 3.49. The van der Waals surface area contributed by atoms with Gasteiger partial charge in [0, 0.05) is 6.54 Å². The lowest BCUT2D eigenvalue weighted by molar-refractivity contribution is 0.157. The monoisotopic (exact) mass is 211 g/mol. The van der Waals surface area contributed by atoms with Crippen LogP contribution in [-0.2, 0) is 0 Å². The van der Waals surface area contributed by atoms with Crippen LogP contribution in [-0.4, -0.2) is 24.5 Å². The highest BCUT2D eigenvalue weighted by molar-refractivity contribution is 4.73. The first-order valence-corrected chi connectivity index (χ1v) is 6.94. The van der Waals surface area contributed by atoms with Gasteiger partial charge in [-0.05, 0) is 50.6 Å². The van der Waals surface area contributed by atoms with Crippen LogP contribution < -0.4 is 0 Å². The molecule has 0 N–H and O–H groups in total. The predicted octanol–water partition coefficient (Wildman–Crippen LogP) is 3.93. The zero-order valence-electron chi connectivity index (χ0n) is 11.0. The van der Waals surface area contributed by atoms with Crippen molar-refractivity contribution in [2.75, 3.05) is 19.6 Å². The van der Waals surface area contributed by atoms with Crippen molar-refractivity contribution in [3.63, 3.8) is 0 Å². The first-order valence-electron chi connectivity index (χ1n) is 6.94. The minimum atomic E-state index is 0.880. The standard InChI is InChI=1S/C14H29N/c1-4-5-6-9-15-10-7-8-14(12-15)11-13(2)3/h13-14H,4-12H2,1-3H3. The van der Waals surface area contributed by atoms with E-state index in [4.69, 9.17) is 0 Å². The van der Waals surface area contributed by atoms with Crippen LogP contribution >= 0.6 is 0 Å². The second-order valence-electron chi connectivity index (χ2n) is 5.65. The Hall–Kier alpha value is -0.0400. The van der Waals surface area contributed by atoms with Crippen LogP contribution in [0.3, 0.4) is 0 Å². The number of hydrogen-bond acceptors (Lipinski definition) is 1. The van der Waals surface area contributed by atoms with Crippen molar-refractivity contribution in [1.29, 1.82) is 0 Å². The van der Waals surface area contributed by atoms with Gasteiger partial charge in [-0.25, -0.2) is 0 Å². The lowest BCUT2D eigenvalue weighted by Gasteiger charge is -2.33. The van der Waals surface area contributed by atoms with Gasteiger partial charge in [0.2, 0.25) is 0 Å². The molecule has 1 heterocycles. The lowest BCUT2D eigenvalue weighted by Crippen LogP contribution is -2.36. The molecular formula is C14H29N. The van der Waals surface area contributed by atoms with Crippen molar-refractivity contribution in [1.82, 2.24) is 4.90 Å². The zero-order chi connectivity index (χ0) is 11.1. The number of likely N-dealkylation sites (tertiary alicyclic amines) is 1. The molecule has 1 atom stereocenters. The Morgan fingerprint density at radius 3 is 2.73 bits per heavy atom. The quantitative estimate of drug-likeness (QED) is 0.602. The second kappa shape index (κ2) is 7.27. The van der Waals surface area contributed by atoms with Crippen molar-refractivity contribution in [3.8, 4) is 0 Å². The average molecular weight is 211 g/mol. The van der Waals surface area contributed by atoms with E-state index >= 15 is 0 Å². The molecule has 0 saturated carbocycles. The molecule has 15 heavy (non-hydrogen) atoms. The van der Waals surface area contributed by atoms with Gasteiger partial charge in [0.15, 0.2) is 0 Å². The average Bonchev–Trinajstić information content (AvgIpc) is 2.18. The van der Waals surface area contributed by atoms with E-state index in [0.717, 1.165) is 11.8 Å². The van der Waals surface area contributed by atoms with Gasteiger partial charge >= 0.3 is 0 Å². The van der Waals surface area contributed by atoms with Crippen LogP contribution in [0.2, 0.25) is 0 Å². The van der Waals surface area contributed by atoms with E-state index in [-0.39, 0.29) is 0 Å². The molecule has 1 saturated heterocycles. The molecule has 1 heteroatoms. The molecule has 1 aliphatic rings. The fourth-order valence-corrected chi connectivity index (χ4v) is 2.80. The van der Waals surface area contributed by atoms with E-state index < -0.39 is 0 Å². The van der Waals surface area contributed by atoms with Crippen LogP contribution in [0.15, 0.2) is 0 Å². The first kappa shape index (κ1) is 13.0. The van der Waals surface area contributed by atoms with Crippen LogP contribution in [0.1, 0.15) is 59.3 Å². The minimum Gasteiger partial charge on any atom is -0.303 e. The van der Waals surface area contributed by atoms with Crippen molar-refractivity contribution in [3.05, 3.63) is 0 Å². The molecule has 0 aromatic heterocycles. The molecular weight excluding hydrogens is 182 g/mol. The van der Waals surface area contributed by atoms with Crippen molar-refractivity contribution < 1.29 is 0 Å². The number of unbranched alkanes of at least 4 members (excludes halogenated alkanes) is 2. The number of nitrogens with zero attached hydrogens (tertiary/aromatic N) is 1. The van der Waals surface area contributed by atoms with E-state index in [1.54, 1.807) is 0 Å². The molecule has 1 nitrogen and oxygen atoms in total. The van der Waals surface area contributed by atoms with Crippen LogP contribution in [0.4, 0.5) is 0 Å². The van der Waals surface area contributed by atoms with E-state index in [1.165, 1.54) is 58.2 Å². The van der Waals surface area contributed by atoms with Gasteiger partial charge in [-0.15, -0.1) is 0 Å². The maximum absolute atomic E-state index is 2.70. The molecule has 1 rings (SSSR count). The summed E-state index contributed by atoms with van der Waals surface area (Å²) in [5, 5.41) is 0. The third-order valence-corrected chi connectivity index (χ3v) is 3.49. The Bertz CT molecular complexity index is 153. The van der Waals surface area contributed by atoms with Crippen molar-refractivity contribution in [2.24, 2.45) is 11.8 Å². The van der Waals surface area contributed by atoms with E-state index in [2.05, 4.69) is 25.7 Å². The Balaban J connectivity index is 2.17. The fraction of sp³-hybridized carbons (Fsp3) is 1.00. The van der Waals surface area contributed by atoms with Crippen molar-refractivity contribution >= 4 is 0 Å². The van der Waals surface area contributed by atoms with E-state index in [1.807, 2.05) is 0 Å². The third kappa shape index (κ3) is 5.55. The minimum absolute atomic E-state index is 0.880. The molecule has 90 valence electrons. The molecule has 0 bridgehead atoms. The maximum Gasteiger partial charge on any atom is 0.000976 e. The Labute approximate surface area is 96.2 Å². The maximum atomic E-state index is 2.70. The molecule has 1 unspecified atom stereocenters. The number of hydrogen-bond donors (Lipinski definition) is 0. The summed E-state index contributed by atoms with van der Waals surface area (Å²) in [5.74, 6) is 1.87. The summed E-state index contributed by atoms with van der Waals surface area (Å²) >= 11 is 0. The zero-order valence-corrected chi connectivity index (χ0v) is 11.0. The topological polar surface area (TPSA) is 3.24 Å². The Morgan fingerprint density at radius 2 is 2.07 bits per heavy atom. The summed E-state index contributed by atoms with van der Waals surface area (Å²) in [6, 6.07) is 0. The largest absolute Gasteiger partial charge is 0.303 e. The van der Waals surface area contributed by atoms with Crippen LogP contribution in [0.25, 0.3) is 0 Å². The Kier molecular flexibility index (Phi) is 6.31. The van der Waals surface area contributed by atoms with Gasteiger partial charge in [-0.1, -0.05) is 33.6 Å². The van der Waals surface area contributed by atoms with Gasteiger partial charge in [0.1, 0.15) is 0 Å². The smallest absolute Gasteiger partial charge is 0.000976 e. The fourth-order valence-electron chi connectivity index (χ4n) is 2.80. The van der Waals surface area contributed by atoms with Crippen LogP contribution in [0, 0.1) is 11.8 Å². The second-order valence-corrected chi connectivity index (χ2v) is 5.65. The highest BCUT2D eigenvalue weighted by Crippen LogP contribution is 2.23. The molecule has 1 aliphatic heterocycles. The van der Waals surface area contributed by atoms with Gasteiger partial charge in [-0.3, -0.25) is 0 Å². The summed E-state index contributed by atoms with van der Waals surface area (Å²) in [7, 11) is 0. The molecule has 0 spiro atoms. The predicted molar refractivity (Wildman–Crippen MR) is 68.1 cm³/mol. The lowest BCUT2D eigenvalue weighted by atomic mass is 9.89. The Morgan fingerprint density at radius 1 is 1.27 bits per heavy atom. The molecule has 0 amide bonds. The van der Waals surface area contributed by atoms with Gasteiger partial charge in [0.25, 0.3) is 0 Å². The highest BCUT2D eigenvalue weighted by atomic mass is 15.1. The summed E-state index contributed by atoms with van der Waals surface area (Å²) in [5.41, 5.74) is 0. The van der Waals surface area contributed by atoms with Crippen LogP contribution in [0.5, 0.6) is 0 Å². The van der Waals surface area contributed by atoms with E-state index in [0.29, 0.717) is 0 Å². The summed E-state index contributed by atoms with van der Waals surface area (Å²) in [6.45, 7) is 11.1. The normalized spacial score (nSPS) is 23.6. The van der Waals surface area contributed by atoms with Gasteiger partial charge < -0.3 is 4.90 Å². The van der Waals surface area contributed by atoms with Crippen molar-refractivity contribution in [2.45, 2.75) is 59.3 Å².